The van der Waals surface area contributed by atoms with Gasteiger partial charge >= 0.3 is 5.97 Å². The van der Waals surface area contributed by atoms with Crippen molar-refractivity contribution in [2.45, 2.75) is 59.0 Å². The van der Waals surface area contributed by atoms with Crippen molar-refractivity contribution in [3.8, 4) is 11.3 Å². The fourth-order valence-electron chi connectivity index (χ4n) is 2.73. The third kappa shape index (κ3) is 5.46. The summed E-state index contributed by atoms with van der Waals surface area (Å²) >= 11 is 0. The molecule has 136 valence electrons. The Balaban J connectivity index is 2.03. The van der Waals surface area contributed by atoms with Crippen LogP contribution in [0.2, 0.25) is 0 Å². The minimum atomic E-state index is -0.821. The Morgan fingerprint density at radius 2 is 1.76 bits per heavy atom. The summed E-state index contributed by atoms with van der Waals surface area (Å²) in [6.07, 6.45) is 0.594. The van der Waals surface area contributed by atoms with Crippen LogP contribution in [0.1, 0.15) is 52.4 Å². The first-order valence-electron chi connectivity index (χ1n) is 8.82. The molecule has 0 unspecified atom stereocenters. The molecule has 4 heteroatoms. The molecule has 0 aliphatic carbocycles. The fraction of sp³-hybridized carbons (Fsp3) is 0.476. The van der Waals surface area contributed by atoms with Gasteiger partial charge < -0.3 is 9.52 Å². The van der Waals surface area contributed by atoms with E-state index < -0.39 is 12.0 Å². The summed E-state index contributed by atoms with van der Waals surface area (Å²) < 4.78 is 5.87. The molecule has 0 aliphatic rings. The van der Waals surface area contributed by atoms with Gasteiger partial charge in [-0.05, 0) is 35.4 Å². The van der Waals surface area contributed by atoms with Crippen molar-refractivity contribution in [1.29, 1.82) is 0 Å². The van der Waals surface area contributed by atoms with Gasteiger partial charge in [-0.3, -0.25) is 10.1 Å². The number of nitrogens with one attached hydrogen (secondary N) is 1. The summed E-state index contributed by atoms with van der Waals surface area (Å²) in [5.74, 6) is 1.04. The monoisotopic (exact) mass is 343 g/mol. The highest BCUT2D eigenvalue weighted by Gasteiger charge is 2.19. The van der Waals surface area contributed by atoms with E-state index in [4.69, 9.17) is 4.42 Å². The molecule has 0 radical (unpaired) electrons. The molecule has 0 spiro atoms. The molecule has 0 saturated carbocycles. The van der Waals surface area contributed by atoms with Crippen molar-refractivity contribution in [2.24, 2.45) is 5.92 Å². The lowest BCUT2D eigenvalue weighted by Crippen LogP contribution is -2.37. The van der Waals surface area contributed by atoms with Gasteiger partial charge in [-0.15, -0.1) is 0 Å². The molecule has 0 aliphatic heterocycles. The van der Waals surface area contributed by atoms with Gasteiger partial charge in [0.2, 0.25) is 0 Å². The Kier molecular flexibility index (Phi) is 6.07. The van der Waals surface area contributed by atoms with E-state index >= 15 is 0 Å². The minimum absolute atomic E-state index is 0.124. The van der Waals surface area contributed by atoms with Crippen LogP contribution >= 0.6 is 0 Å². The van der Waals surface area contributed by atoms with Gasteiger partial charge in [0.15, 0.2) is 0 Å². The largest absolute Gasteiger partial charge is 0.480 e. The molecule has 1 aromatic heterocycles. The van der Waals surface area contributed by atoms with Crippen molar-refractivity contribution in [3.63, 3.8) is 0 Å². The van der Waals surface area contributed by atoms with E-state index in [2.05, 4.69) is 50.4 Å². The lowest BCUT2D eigenvalue weighted by Gasteiger charge is -2.18. The number of carboxylic acid groups (broad SMARTS) is 1. The molecule has 2 rings (SSSR count). The topological polar surface area (TPSA) is 62.5 Å². The number of benzene rings is 1. The summed E-state index contributed by atoms with van der Waals surface area (Å²) in [5.41, 5.74) is 2.43. The first-order chi connectivity index (χ1) is 11.7. The molecular formula is C21H29NO3. The molecular weight excluding hydrogens is 314 g/mol. The van der Waals surface area contributed by atoms with Crippen LogP contribution in [0.15, 0.2) is 40.8 Å². The molecule has 0 fully saturated rings. The molecule has 0 amide bonds. The van der Waals surface area contributed by atoms with E-state index in [1.165, 1.54) is 5.56 Å². The van der Waals surface area contributed by atoms with E-state index in [9.17, 15) is 9.90 Å². The third-order valence-corrected chi connectivity index (χ3v) is 4.22. The molecule has 1 heterocycles. The van der Waals surface area contributed by atoms with Crippen molar-refractivity contribution in [1.82, 2.24) is 5.32 Å². The average Bonchev–Trinajstić information content (AvgIpc) is 2.99. The van der Waals surface area contributed by atoms with E-state index in [1.807, 2.05) is 26.0 Å². The van der Waals surface area contributed by atoms with Crippen LogP contribution in [0.4, 0.5) is 0 Å². The molecule has 0 bridgehead atoms. The van der Waals surface area contributed by atoms with Crippen molar-refractivity contribution in [2.75, 3.05) is 0 Å². The fourth-order valence-corrected chi connectivity index (χ4v) is 2.73. The standard InChI is InChI=1S/C21H29NO3/c1-14(2)12-18(20(23)24)22-13-17-10-11-19(25-17)15-6-8-16(9-7-15)21(3,4)5/h6-11,14,18,22H,12-13H2,1-5H3,(H,23,24)/t18-/m0/s1. The first-order valence-corrected chi connectivity index (χ1v) is 8.82. The van der Waals surface area contributed by atoms with Crippen LogP contribution in [0.5, 0.6) is 0 Å². The molecule has 4 nitrogen and oxygen atoms in total. The van der Waals surface area contributed by atoms with E-state index in [1.54, 1.807) is 0 Å². The number of hydrogen-bond acceptors (Lipinski definition) is 3. The molecule has 1 aromatic carbocycles. The Bertz CT molecular complexity index is 693. The van der Waals surface area contributed by atoms with Gasteiger partial charge in [-0.25, -0.2) is 0 Å². The van der Waals surface area contributed by atoms with Crippen LogP contribution < -0.4 is 5.32 Å². The van der Waals surface area contributed by atoms with Crippen LogP contribution in [-0.2, 0) is 16.8 Å². The minimum Gasteiger partial charge on any atom is -0.480 e. The zero-order chi connectivity index (χ0) is 18.6. The molecule has 2 aromatic rings. The summed E-state index contributed by atoms with van der Waals surface area (Å²) in [5, 5.41) is 12.3. The Hall–Kier alpha value is -2.07. The number of carbonyl (C=O) groups is 1. The smallest absolute Gasteiger partial charge is 0.320 e. The van der Waals surface area contributed by atoms with Gasteiger partial charge in [-0.1, -0.05) is 58.9 Å². The van der Waals surface area contributed by atoms with Crippen LogP contribution in [0.25, 0.3) is 11.3 Å². The zero-order valence-corrected chi connectivity index (χ0v) is 15.8. The van der Waals surface area contributed by atoms with Crippen LogP contribution in [0, 0.1) is 5.92 Å². The Morgan fingerprint density at radius 3 is 2.28 bits per heavy atom. The molecule has 0 saturated heterocycles. The predicted molar refractivity (Wildman–Crippen MR) is 101 cm³/mol. The molecule has 1 atom stereocenters. The van der Waals surface area contributed by atoms with Gasteiger partial charge in [0.1, 0.15) is 17.6 Å². The second-order valence-electron chi connectivity index (χ2n) is 7.99. The van der Waals surface area contributed by atoms with Crippen LogP contribution in [0.3, 0.4) is 0 Å². The van der Waals surface area contributed by atoms with Gasteiger partial charge in [0, 0.05) is 5.56 Å². The summed E-state index contributed by atoms with van der Waals surface area (Å²) in [7, 11) is 0. The maximum absolute atomic E-state index is 11.3. The highest BCUT2D eigenvalue weighted by atomic mass is 16.4. The lowest BCUT2D eigenvalue weighted by atomic mass is 9.86. The SMILES string of the molecule is CC(C)C[C@H](NCc1ccc(-c2ccc(C(C)(C)C)cc2)o1)C(=O)O. The van der Waals surface area contributed by atoms with E-state index in [0.29, 0.717) is 18.9 Å². The summed E-state index contributed by atoms with van der Waals surface area (Å²) in [6, 6.07) is 11.7. The number of carboxylic acids is 1. The number of aliphatic carboxylic acids is 1. The predicted octanol–water partition coefficient (Wildman–Crippen LogP) is 4.83. The van der Waals surface area contributed by atoms with Crippen molar-refractivity contribution < 1.29 is 14.3 Å². The summed E-state index contributed by atoms with van der Waals surface area (Å²) in [4.78, 5) is 11.3. The maximum atomic E-state index is 11.3. The van der Waals surface area contributed by atoms with Crippen molar-refractivity contribution >= 4 is 5.97 Å². The number of furan rings is 1. The quantitative estimate of drug-likeness (QED) is 0.755. The number of rotatable bonds is 7. The second-order valence-corrected chi connectivity index (χ2v) is 7.99. The van der Waals surface area contributed by atoms with Crippen LogP contribution in [-0.4, -0.2) is 17.1 Å². The van der Waals surface area contributed by atoms with Crippen molar-refractivity contribution in [3.05, 3.63) is 47.7 Å². The maximum Gasteiger partial charge on any atom is 0.320 e. The van der Waals surface area contributed by atoms with Gasteiger partial charge in [0.25, 0.3) is 0 Å². The van der Waals surface area contributed by atoms with E-state index in [0.717, 1.165) is 17.1 Å². The normalized spacial score (nSPS) is 13.2. The second kappa shape index (κ2) is 7.87. The Morgan fingerprint density at radius 1 is 1.12 bits per heavy atom. The summed E-state index contributed by atoms with van der Waals surface area (Å²) in [6.45, 7) is 11.0. The average molecular weight is 343 g/mol. The lowest BCUT2D eigenvalue weighted by molar-refractivity contribution is -0.140. The van der Waals surface area contributed by atoms with Gasteiger partial charge in [0.05, 0.1) is 6.54 Å². The Labute approximate surface area is 150 Å². The third-order valence-electron chi connectivity index (χ3n) is 4.22. The van der Waals surface area contributed by atoms with Gasteiger partial charge in [-0.2, -0.15) is 0 Å². The van der Waals surface area contributed by atoms with E-state index in [-0.39, 0.29) is 5.41 Å². The highest BCUT2D eigenvalue weighted by Crippen LogP contribution is 2.27. The number of hydrogen-bond donors (Lipinski definition) is 2. The molecule has 25 heavy (non-hydrogen) atoms. The first kappa shape index (κ1) is 19.3. The highest BCUT2D eigenvalue weighted by molar-refractivity contribution is 5.73. The zero-order valence-electron chi connectivity index (χ0n) is 15.8. The molecule has 2 N–H and O–H groups in total.